The number of allylic oxidation sites excluding steroid dienone is 1. The quantitative estimate of drug-likeness (QED) is 0.417. The molecule has 0 amide bonds. The summed E-state index contributed by atoms with van der Waals surface area (Å²) in [5, 5.41) is 0. The molecule has 0 heterocycles. The van der Waals surface area contributed by atoms with Gasteiger partial charge in [0.1, 0.15) is 0 Å². The first kappa shape index (κ1) is 4.60. The molecule has 0 bridgehead atoms. The number of hydrogen-bond donors (Lipinski definition) is 0. The van der Waals surface area contributed by atoms with Crippen molar-refractivity contribution in [2.24, 2.45) is 17.8 Å². The molecule has 0 radical (unpaired) electrons. The average Bonchev–Trinajstić information content (AvgIpc) is 2.39. The molecule has 0 aromatic carbocycles. The van der Waals surface area contributed by atoms with Crippen LogP contribution in [0.1, 0.15) is 19.8 Å². The zero-order valence-corrected chi connectivity index (χ0v) is 5.35. The maximum absolute atomic E-state index is 4.06. The summed E-state index contributed by atoms with van der Waals surface area (Å²) in [6, 6.07) is 0. The fourth-order valence-corrected chi connectivity index (χ4v) is 1.93. The third kappa shape index (κ3) is 0.410. The number of hydrogen-bond acceptors (Lipinski definition) is 0. The minimum Gasteiger partial charge on any atom is -0.0993 e. The second-order valence-electron chi connectivity index (χ2n) is 3.31. The fourth-order valence-electron chi connectivity index (χ4n) is 1.93. The molecule has 0 aromatic heterocycles. The monoisotopic (exact) mass is 108 g/mol. The van der Waals surface area contributed by atoms with E-state index in [4.69, 9.17) is 0 Å². The van der Waals surface area contributed by atoms with Crippen molar-refractivity contribution in [1.82, 2.24) is 0 Å². The van der Waals surface area contributed by atoms with Gasteiger partial charge in [0.15, 0.2) is 0 Å². The molecule has 2 saturated carbocycles. The second kappa shape index (κ2) is 1.18. The summed E-state index contributed by atoms with van der Waals surface area (Å²) < 4.78 is 0. The summed E-state index contributed by atoms with van der Waals surface area (Å²) in [5.74, 6) is 2.88. The SMILES string of the molecule is C=C1C(C)CC2CC12. The van der Waals surface area contributed by atoms with Crippen LogP contribution < -0.4 is 0 Å². The first-order valence-corrected chi connectivity index (χ1v) is 3.47. The molecule has 0 spiro atoms. The molecule has 0 aliphatic heterocycles. The van der Waals surface area contributed by atoms with Crippen LogP contribution >= 0.6 is 0 Å². The Bertz CT molecular complexity index is 131. The van der Waals surface area contributed by atoms with E-state index in [2.05, 4.69) is 13.5 Å². The Balaban J connectivity index is 2.19. The summed E-state index contributed by atoms with van der Waals surface area (Å²) in [4.78, 5) is 0. The predicted octanol–water partition coefficient (Wildman–Crippen LogP) is 2.22. The molecule has 2 rings (SSSR count). The number of rotatable bonds is 0. The van der Waals surface area contributed by atoms with Crippen LogP contribution in [0.25, 0.3) is 0 Å². The summed E-state index contributed by atoms with van der Waals surface area (Å²) in [6.45, 7) is 6.36. The van der Waals surface area contributed by atoms with E-state index in [1.165, 1.54) is 18.4 Å². The standard InChI is InChI=1S/C8H12/c1-5-3-7-4-8(7)6(5)2/h5,7-8H,2-4H2,1H3. The average molecular weight is 108 g/mol. The molecule has 2 aliphatic rings. The van der Waals surface area contributed by atoms with Gasteiger partial charge in [-0.25, -0.2) is 0 Å². The van der Waals surface area contributed by atoms with Crippen molar-refractivity contribution < 1.29 is 0 Å². The van der Waals surface area contributed by atoms with Gasteiger partial charge in [-0.1, -0.05) is 19.1 Å². The van der Waals surface area contributed by atoms with Crippen LogP contribution in [0.3, 0.4) is 0 Å². The van der Waals surface area contributed by atoms with Crippen LogP contribution in [0, 0.1) is 17.8 Å². The highest BCUT2D eigenvalue weighted by Gasteiger charge is 2.46. The topological polar surface area (TPSA) is 0 Å². The Labute approximate surface area is 50.6 Å². The predicted molar refractivity (Wildman–Crippen MR) is 34.5 cm³/mol. The van der Waals surface area contributed by atoms with Crippen LogP contribution in [0.5, 0.6) is 0 Å². The van der Waals surface area contributed by atoms with Crippen molar-refractivity contribution in [3.8, 4) is 0 Å². The Morgan fingerprint density at radius 3 is 2.50 bits per heavy atom. The van der Waals surface area contributed by atoms with Crippen LogP contribution in [0.4, 0.5) is 0 Å². The highest BCUT2D eigenvalue weighted by molar-refractivity contribution is 5.21. The summed E-state index contributed by atoms with van der Waals surface area (Å²) in [5.41, 5.74) is 1.54. The zero-order valence-electron chi connectivity index (χ0n) is 5.35. The molecule has 0 N–H and O–H groups in total. The van der Waals surface area contributed by atoms with Crippen molar-refractivity contribution in [1.29, 1.82) is 0 Å². The van der Waals surface area contributed by atoms with Gasteiger partial charge in [-0.05, 0) is 30.6 Å². The van der Waals surface area contributed by atoms with Crippen molar-refractivity contribution >= 4 is 0 Å². The van der Waals surface area contributed by atoms with E-state index in [-0.39, 0.29) is 0 Å². The van der Waals surface area contributed by atoms with Gasteiger partial charge in [-0.2, -0.15) is 0 Å². The summed E-state index contributed by atoms with van der Waals surface area (Å²) >= 11 is 0. The molecule has 2 fully saturated rings. The number of fused-ring (bicyclic) bond motifs is 1. The van der Waals surface area contributed by atoms with Gasteiger partial charge >= 0.3 is 0 Å². The van der Waals surface area contributed by atoms with Gasteiger partial charge < -0.3 is 0 Å². The fraction of sp³-hybridized carbons (Fsp3) is 0.750. The van der Waals surface area contributed by atoms with Gasteiger partial charge in [0.05, 0.1) is 0 Å². The van der Waals surface area contributed by atoms with Crippen molar-refractivity contribution in [3.63, 3.8) is 0 Å². The van der Waals surface area contributed by atoms with E-state index in [0.717, 1.165) is 17.8 Å². The van der Waals surface area contributed by atoms with Crippen LogP contribution in [-0.4, -0.2) is 0 Å². The lowest BCUT2D eigenvalue weighted by Gasteiger charge is -2.03. The maximum atomic E-state index is 4.06. The van der Waals surface area contributed by atoms with E-state index in [1.54, 1.807) is 0 Å². The third-order valence-corrected chi connectivity index (χ3v) is 2.69. The molecule has 3 unspecified atom stereocenters. The van der Waals surface area contributed by atoms with Gasteiger partial charge in [-0.15, -0.1) is 0 Å². The van der Waals surface area contributed by atoms with Gasteiger partial charge in [0, 0.05) is 0 Å². The summed E-state index contributed by atoms with van der Waals surface area (Å²) in [6.07, 6.45) is 2.90. The molecule has 3 atom stereocenters. The first-order chi connectivity index (χ1) is 3.79. The lowest BCUT2D eigenvalue weighted by molar-refractivity contribution is 0.623. The highest BCUT2D eigenvalue weighted by Crippen LogP contribution is 2.56. The molecule has 8 heavy (non-hydrogen) atoms. The van der Waals surface area contributed by atoms with E-state index in [0.29, 0.717) is 0 Å². The van der Waals surface area contributed by atoms with E-state index in [9.17, 15) is 0 Å². The molecule has 0 saturated heterocycles. The zero-order chi connectivity index (χ0) is 5.72. The largest absolute Gasteiger partial charge is 0.0993 e. The Kier molecular flexibility index (Phi) is 0.677. The van der Waals surface area contributed by atoms with Crippen molar-refractivity contribution in [2.45, 2.75) is 19.8 Å². The molecular weight excluding hydrogens is 96.1 g/mol. The van der Waals surface area contributed by atoms with Gasteiger partial charge in [0.2, 0.25) is 0 Å². The normalized spacial score (nSPS) is 51.6. The van der Waals surface area contributed by atoms with Crippen LogP contribution in [-0.2, 0) is 0 Å². The van der Waals surface area contributed by atoms with E-state index < -0.39 is 0 Å². The smallest absolute Gasteiger partial charge is 0.0172 e. The molecule has 0 aromatic rings. The molecule has 0 nitrogen and oxygen atoms in total. The molecular formula is C8H12. The Morgan fingerprint density at radius 2 is 2.25 bits per heavy atom. The van der Waals surface area contributed by atoms with Crippen LogP contribution in [0.15, 0.2) is 12.2 Å². The maximum Gasteiger partial charge on any atom is -0.0172 e. The van der Waals surface area contributed by atoms with E-state index >= 15 is 0 Å². The third-order valence-electron chi connectivity index (χ3n) is 2.69. The minimum atomic E-state index is 0.846. The van der Waals surface area contributed by atoms with Crippen molar-refractivity contribution in [2.75, 3.05) is 0 Å². The molecule has 2 aliphatic carbocycles. The van der Waals surface area contributed by atoms with Crippen LogP contribution in [0.2, 0.25) is 0 Å². The van der Waals surface area contributed by atoms with Gasteiger partial charge in [0.25, 0.3) is 0 Å². The lowest BCUT2D eigenvalue weighted by Crippen LogP contribution is -1.91. The van der Waals surface area contributed by atoms with E-state index in [1.807, 2.05) is 0 Å². The highest BCUT2D eigenvalue weighted by atomic mass is 14.5. The lowest BCUT2D eigenvalue weighted by atomic mass is 10.0. The minimum absolute atomic E-state index is 0.846. The molecule has 44 valence electrons. The van der Waals surface area contributed by atoms with Gasteiger partial charge in [-0.3, -0.25) is 0 Å². The Hall–Kier alpha value is -0.260. The summed E-state index contributed by atoms with van der Waals surface area (Å²) in [7, 11) is 0. The first-order valence-electron chi connectivity index (χ1n) is 3.47. The molecule has 0 heteroatoms. The van der Waals surface area contributed by atoms with Crippen molar-refractivity contribution in [3.05, 3.63) is 12.2 Å². The Morgan fingerprint density at radius 1 is 1.50 bits per heavy atom. The second-order valence-corrected chi connectivity index (χ2v) is 3.31.